The second kappa shape index (κ2) is 25.7. The Bertz CT molecular complexity index is 604. The lowest BCUT2D eigenvalue weighted by molar-refractivity contribution is -0.305. The van der Waals surface area contributed by atoms with E-state index in [1.165, 1.54) is 83.5 Å². The first-order chi connectivity index (χ1) is 19.9. The number of unbranched alkanes of at least 4 members (excludes halogenated alkanes) is 16. The van der Waals surface area contributed by atoms with E-state index in [-0.39, 0.29) is 19.2 Å². The number of ether oxygens (including phenoxy) is 4. The Hall–Kier alpha value is -0.810. The Morgan fingerprint density at radius 3 is 1.73 bits per heavy atom. The lowest BCUT2D eigenvalue weighted by Gasteiger charge is -2.39. The molecule has 0 saturated carbocycles. The van der Waals surface area contributed by atoms with Gasteiger partial charge in [0.1, 0.15) is 30.5 Å². The molecule has 1 rings (SSSR count). The molecule has 0 aromatic heterocycles. The monoisotopic (exact) mass is 590 g/mol. The van der Waals surface area contributed by atoms with Crippen LogP contribution in [0.25, 0.3) is 0 Å². The number of esters is 1. The Balaban J connectivity index is 2.22. The molecule has 244 valence electrons. The second-order valence-electron chi connectivity index (χ2n) is 11.6. The molecule has 0 bridgehead atoms. The molecule has 1 aliphatic heterocycles. The van der Waals surface area contributed by atoms with Crippen LogP contribution in [0, 0.1) is 0 Å². The van der Waals surface area contributed by atoms with Crippen LogP contribution in [-0.2, 0) is 23.7 Å². The van der Waals surface area contributed by atoms with Crippen LogP contribution in [-0.4, -0.2) is 89.6 Å². The molecular formula is C32H62O9. The second-order valence-corrected chi connectivity index (χ2v) is 11.6. The minimum atomic E-state index is -1.53. The lowest BCUT2D eigenvalue weighted by Crippen LogP contribution is -2.59. The van der Waals surface area contributed by atoms with Crippen molar-refractivity contribution in [2.24, 2.45) is 0 Å². The largest absolute Gasteiger partial charge is 0.457 e. The highest BCUT2D eigenvalue weighted by atomic mass is 16.7. The van der Waals surface area contributed by atoms with E-state index in [9.17, 15) is 25.2 Å². The third kappa shape index (κ3) is 18.5. The molecule has 41 heavy (non-hydrogen) atoms. The zero-order valence-corrected chi connectivity index (χ0v) is 26.1. The molecule has 6 atom stereocenters. The standard InChI is InChI=1S/C32H62O9/c1-3-5-7-8-9-10-11-12-13-14-15-16-17-18-20-22-38-24-26(40-28(34)21-19-6-4-2)25-39-32-31(37)30(36)29(35)27(23-33)41-32/h26-27,29-33,35-37H,3-25H2,1-2H3. The number of carbonyl (C=O) groups excluding carboxylic acids is 1. The van der Waals surface area contributed by atoms with Crippen molar-refractivity contribution >= 4 is 5.97 Å². The van der Waals surface area contributed by atoms with E-state index < -0.39 is 43.4 Å². The summed E-state index contributed by atoms with van der Waals surface area (Å²) in [7, 11) is 0. The lowest BCUT2D eigenvalue weighted by atomic mass is 9.99. The average Bonchev–Trinajstić information content (AvgIpc) is 2.97. The van der Waals surface area contributed by atoms with E-state index >= 15 is 0 Å². The van der Waals surface area contributed by atoms with Gasteiger partial charge >= 0.3 is 5.97 Å². The van der Waals surface area contributed by atoms with E-state index in [2.05, 4.69) is 13.8 Å². The zero-order chi connectivity index (χ0) is 30.1. The van der Waals surface area contributed by atoms with Crippen molar-refractivity contribution in [3.63, 3.8) is 0 Å². The maximum atomic E-state index is 12.3. The highest BCUT2D eigenvalue weighted by molar-refractivity contribution is 5.69. The topological polar surface area (TPSA) is 135 Å². The number of aliphatic hydroxyl groups excluding tert-OH is 4. The summed E-state index contributed by atoms with van der Waals surface area (Å²) in [5.41, 5.74) is 0. The summed E-state index contributed by atoms with van der Waals surface area (Å²) in [6.07, 6.45) is 14.9. The van der Waals surface area contributed by atoms with Crippen LogP contribution in [0.5, 0.6) is 0 Å². The van der Waals surface area contributed by atoms with Crippen molar-refractivity contribution in [3.8, 4) is 0 Å². The van der Waals surface area contributed by atoms with E-state index in [4.69, 9.17) is 18.9 Å². The Morgan fingerprint density at radius 2 is 1.20 bits per heavy atom. The van der Waals surface area contributed by atoms with Crippen molar-refractivity contribution in [1.29, 1.82) is 0 Å². The number of hydrogen-bond donors (Lipinski definition) is 4. The quantitative estimate of drug-likeness (QED) is 0.0754. The van der Waals surface area contributed by atoms with E-state index in [0.29, 0.717) is 13.0 Å². The first-order valence-corrected chi connectivity index (χ1v) is 16.6. The first kappa shape index (κ1) is 38.2. The molecule has 1 fully saturated rings. The molecule has 0 aromatic rings. The van der Waals surface area contributed by atoms with Crippen LogP contribution in [0.3, 0.4) is 0 Å². The third-order valence-electron chi connectivity index (χ3n) is 7.77. The average molecular weight is 591 g/mol. The van der Waals surface area contributed by atoms with Gasteiger partial charge in [0.15, 0.2) is 6.29 Å². The summed E-state index contributed by atoms with van der Waals surface area (Å²) >= 11 is 0. The van der Waals surface area contributed by atoms with Crippen LogP contribution in [0.1, 0.15) is 136 Å². The Labute approximate surface area is 249 Å². The molecule has 1 saturated heterocycles. The maximum Gasteiger partial charge on any atom is 0.306 e. The van der Waals surface area contributed by atoms with Crippen molar-refractivity contribution in [3.05, 3.63) is 0 Å². The summed E-state index contributed by atoms with van der Waals surface area (Å²) in [4.78, 5) is 12.3. The van der Waals surface area contributed by atoms with Crippen molar-refractivity contribution < 1.29 is 44.2 Å². The summed E-state index contributed by atoms with van der Waals surface area (Å²) in [5.74, 6) is -0.337. The van der Waals surface area contributed by atoms with Gasteiger partial charge in [-0.05, 0) is 12.8 Å². The van der Waals surface area contributed by atoms with Gasteiger partial charge in [-0.1, -0.05) is 117 Å². The summed E-state index contributed by atoms with van der Waals surface area (Å²) in [6.45, 7) is 4.38. The predicted molar refractivity (Wildman–Crippen MR) is 159 cm³/mol. The fourth-order valence-corrected chi connectivity index (χ4v) is 5.08. The molecule has 4 N–H and O–H groups in total. The van der Waals surface area contributed by atoms with Gasteiger partial charge in [0.25, 0.3) is 0 Å². The van der Waals surface area contributed by atoms with Crippen LogP contribution in [0.15, 0.2) is 0 Å². The van der Waals surface area contributed by atoms with Gasteiger partial charge in [-0.3, -0.25) is 4.79 Å². The van der Waals surface area contributed by atoms with Gasteiger partial charge in [0, 0.05) is 13.0 Å². The molecule has 1 aliphatic rings. The first-order valence-electron chi connectivity index (χ1n) is 16.6. The predicted octanol–water partition coefficient (Wildman–Crippen LogP) is 5.18. The van der Waals surface area contributed by atoms with Crippen LogP contribution in [0.2, 0.25) is 0 Å². The Morgan fingerprint density at radius 1 is 0.683 bits per heavy atom. The molecule has 6 unspecified atom stereocenters. The molecule has 0 spiro atoms. The number of carbonyl (C=O) groups is 1. The van der Waals surface area contributed by atoms with Gasteiger partial charge in [0.05, 0.1) is 19.8 Å². The molecule has 9 heteroatoms. The summed E-state index contributed by atoms with van der Waals surface area (Å²) < 4.78 is 22.4. The Kier molecular flexibility index (Phi) is 23.9. The van der Waals surface area contributed by atoms with E-state index in [0.717, 1.165) is 32.1 Å². The van der Waals surface area contributed by atoms with Gasteiger partial charge in [-0.25, -0.2) is 0 Å². The van der Waals surface area contributed by atoms with Crippen LogP contribution in [0.4, 0.5) is 0 Å². The summed E-state index contributed by atoms with van der Waals surface area (Å²) in [5, 5.41) is 39.5. The molecule has 0 radical (unpaired) electrons. The number of hydrogen-bond acceptors (Lipinski definition) is 9. The van der Waals surface area contributed by atoms with Gasteiger partial charge in [-0.15, -0.1) is 0 Å². The smallest absolute Gasteiger partial charge is 0.306 e. The van der Waals surface area contributed by atoms with Crippen LogP contribution < -0.4 is 0 Å². The normalized spacial score (nSPS) is 23.5. The molecule has 9 nitrogen and oxygen atoms in total. The van der Waals surface area contributed by atoms with Gasteiger partial charge in [-0.2, -0.15) is 0 Å². The fraction of sp³-hybridized carbons (Fsp3) is 0.969. The molecule has 0 aromatic carbocycles. The number of aliphatic hydroxyl groups is 4. The molecule has 0 amide bonds. The van der Waals surface area contributed by atoms with Crippen LogP contribution >= 0.6 is 0 Å². The van der Waals surface area contributed by atoms with Gasteiger partial charge < -0.3 is 39.4 Å². The molecule has 1 heterocycles. The van der Waals surface area contributed by atoms with Crippen molar-refractivity contribution in [2.45, 2.75) is 173 Å². The maximum absolute atomic E-state index is 12.3. The molecule has 0 aliphatic carbocycles. The third-order valence-corrected chi connectivity index (χ3v) is 7.77. The summed E-state index contributed by atoms with van der Waals surface area (Å²) in [6, 6.07) is 0. The minimum absolute atomic E-state index is 0.110. The molecular weight excluding hydrogens is 528 g/mol. The highest BCUT2D eigenvalue weighted by Crippen LogP contribution is 2.22. The van der Waals surface area contributed by atoms with E-state index in [1.54, 1.807) is 0 Å². The zero-order valence-electron chi connectivity index (χ0n) is 26.1. The minimum Gasteiger partial charge on any atom is -0.457 e. The van der Waals surface area contributed by atoms with Crippen molar-refractivity contribution in [1.82, 2.24) is 0 Å². The SMILES string of the molecule is CCCCCCCCCCCCCCCCCOCC(COC1OC(CO)C(O)C(O)C1O)OC(=O)CCCCC. The fourth-order valence-electron chi connectivity index (χ4n) is 5.08. The van der Waals surface area contributed by atoms with E-state index in [1.807, 2.05) is 0 Å². The van der Waals surface area contributed by atoms with Gasteiger partial charge in [0.2, 0.25) is 0 Å². The number of rotatable bonds is 27. The highest BCUT2D eigenvalue weighted by Gasteiger charge is 2.44. The van der Waals surface area contributed by atoms with Crippen molar-refractivity contribution in [2.75, 3.05) is 26.4 Å².